The summed E-state index contributed by atoms with van der Waals surface area (Å²) in [6.45, 7) is 0. The first kappa shape index (κ1) is 11.3. The summed E-state index contributed by atoms with van der Waals surface area (Å²) in [5.41, 5.74) is -0.143. The second-order valence-corrected chi connectivity index (χ2v) is 4.44. The Kier molecular flexibility index (Phi) is 2.61. The molecule has 1 aliphatic heterocycles. The molecule has 0 bridgehead atoms. The molecule has 2 rings (SSSR count). The second-order valence-electron chi connectivity index (χ2n) is 3.42. The number of anilines is 1. The molecule has 6 heteroatoms. The van der Waals surface area contributed by atoms with Crippen LogP contribution in [0.3, 0.4) is 0 Å². The van der Waals surface area contributed by atoms with Gasteiger partial charge in [-0.2, -0.15) is 13.2 Å². The molecule has 0 N–H and O–H groups in total. The molecule has 0 fully saturated rings. The van der Waals surface area contributed by atoms with Crippen molar-refractivity contribution >= 4 is 23.4 Å². The number of rotatable bonds is 0. The number of carbonyl (C=O) groups is 1. The van der Waals surface area contributed by atoms with E-state index in [4.69, 9.17) is 0 Å². The predicted octanol–water partition coefficient (Wildman–Crippen LogP) is 2.77. The van der Waals surface area contributed by atoms with Crippen LogP contribution >= 0.6 is 11.8 Å². The van der Waals surface area contributed by atoms with Crippen molar-refractivity contribution < 1.29 is 18.0 Å². The molecule has 1 aromatic carbocycles. The van der Waals surface area contributed by atoms with Crippen LogP contribution in [0.15, 0.2) is 23.1 Å². The monoisotopic (exact) mass is 247 g/mol. The normalized spacial score (nSPS) is 16.2. The number of benzene rings is 1. The minimum absolute atomic E-state index is 0.0998. The Labute approximate surface area is 94.4 Å². The Bertz CT molecular complexity index is 444. The molecule has 1 aromatic rings. The van der Waals surface area contributed by atoms with Gasteiger partial charge in [-0.1, -0.05) is 0 Å². The van der Waals surface area contributed by atoms with Crippen LogP contribution in [0.4, 0.5) is 18.9 Å². The molecule has 16 heavy (non-hydrogen) atoms. The second kappa shape index (κ2) is 3.69. The SMILES string of the molecule is CN1C(=O)CSc2cc(C(F)(F)F)ccc21. The summed E-state index contributed by atoms with van der Waals surface area (Å²) >= 11 is 1.14. The maximum Gasteiger partial charge on any atom is 0.416 e. The van der Waals surface area contributed by atoms with Gasteiger partial charge in [0.2, 0.25) is 5.91 Å². The average molecular weight is 247 g/mol. The maximum atomic E-state index is 12.4. The van der Waals surface area contributed by atoms with Gasteiger partial charge in [0.25, 0.3) is 0 Å². The maximum absolute atomic E-state index is 12.4. The first-order chi connectivity index (χ1) is 7.39. The highest BCUT2D eigenvalue weighted by molar-refractivity contribution is 8.00. The van der Waals surface area contributed by atoms with Gasteiger partial charge in [0.05, 0.1) is 17.0 Å². The molecule has 1 amide bonds. The van der Waals surface area contributed by atoms with Crippen molar-refractivity contribution in [3.05, 3.63) is 23.8 Å². The van der Waals surface area contributed by atoms with Crippen LogP contribution in [0, 0.1) is 0 Å². The zero-order valence-electron chi connectivity index (χ0n) is 8.34. The number of hydrogen-bond acceptors (Lipinski definition) is 2. The van der Waals surface area contributed by atoms with Crippen LogP contribution in [-0.2, 0) is 11.0 Å². The highest BCUT2D eigenvalue weighted by atomic mass is 32.2. The number of amides is 1. The zero-order valence-corrected chi connectivity index (χ0v) is 9.15. The van der Waals surface area contributed by atoms with E-state index in [2.05, 4.69) is 0 Å². The first-order valence-electron chi connectivity index (χ1n) is 4.50. The van der Waals surface area contributed by atoms with Gasteiger partial charge in [-0.3, -0.25) is 4.79 Å². The van der Waals surface area contributed by atoms with Gasteiger partial charge < -0.3 is 4.90 Å². The van der Waals surface area contributed by atoms with Crippen molar-refractivity contribution in [1.29, 1.82) is 0 Å². The largest absolute Gasteiger partial charge is 0.416 e. The molecule has 2 nitrogen and oxygen atoms in total. The van der Waals surface area contributed by atoms with Gasteiger partial charge in [-0.05, 0) is 18.2 Å². The molecule has 1 heterocycles. The number of alkyl halides is 3. The summed E-state index contributed by atoms with van der Waals surface area (Å²) in [5, 5.41) is 0. The van der Waals surface area contributed by atoms with E-state index in [1.165, 1.54) is 11.0 Å². The number of hydrogen-bond donors (Lipinski definition) is 0. The van der Waals surface area contributed by atoms with E-state index in [-0.39, 0.29) is 11.7 Å². The number of nitrogens with zero attached hydrogens (tertiary/aromatic N) is 1. The fraction of sp³-hybridized carbons (Fsp3) is 0.300. The van der Waals surface area contributed by atoms with Crippen LogP contribution in [-0.4, -0.2) is 18.7 Å². The molecule has 0 saturated carbocycles. The number of thioether (sulfide) groups is 1. The molecular formula is C10H8F3NOS. The van der Waals surface area contributed by atoms with E-state index in [9.17, 15) is 18.0 Å². The summed E-state index contributed by atoms with van der Waals surface area (Å²) in [6, 6.07) is 3.42. The van der Waals surface area contributed by atoms with E-state index in [1.54, 1.807) is 7.05 Å². The molecule has 0 aliphatic carbocycles. The topological polar surface area (TPSA) is 20.3 Å². The zero-order chi connectivity index (χ0) is 11.9. The Morgan fingerprint density at radius 1 is 1.38 bits per heavy atom. The number of carbonyl (C=O) groups excluding carboxylic acids is 1. The number of halogens is 3. The molecule has 0 atom stereocenters. The van der Waals surface area contributed by atoms with E-state index in [1.807, 2.05) is 0 Å². The highest BCUT2D eigenvalue weighted by Gasteiger charge is 2.32. The van der Waals surface area contributed by atoms with Crippen molar-refractivity contribution in [2.24, 2.45) is 0 Å². The minimum atomic E-state index is -4.34. The van der Waals surface area contributed by atoms with Crippen LogP contribution in [0.1, 0.15) is 5.56 Å². The van der Waals surface area contributed by atoms with Gasteiger partial charge in [0.1, 0.15) is 0 Å². The third-order valence-electron chi connectivity index (χ3n) is 2.37. The fourth-order valence-electron chi connectivity index (χ4n) is 1.45. The van der Waals surface area contributed by atoms with Crippen LogP contribution in [0.5, 0.6) is 0 Å². The van der Waals surface area contributed by atoms with Gasteiger partial charge in [0.15, 0.2) is 0 Å². The van der Waals surface area contributed by atoms with Gasteiger partial charge in [0, 0.05) is 11.9 Å². The summed E-state index contributed by atoms with van der Waals surface area (Å²) in [5.74, 6) is 0.0856. The van der Waals surface area contributed by atoms with Gasteiger partial charge in [-0.25, -0.2) is 0 Å². The summed E-state index contributed by atoms with van der Waals surface area (Å²) < 4.78 is 37.3. The molecule has 0 unspecified atom stereocenters. The summed E-state index contributed by atoms with van der Waals surface area (Å²) in [7, 11) is 1.56. The molecular weight excluding hydrogens is 239 g/mol. The van der Waals surface area contributed by atoms with Crippen LogP contribution < -0.4 is 4.90 Å². The van der Waals surface area contributed by atoms with E-state index >= 15 is 0 Å². The molecule has 0 radical (unpaired) electrons. The molecule has 0 spiro atoms. The van der Waals surface area contributed by atoms with Crippen LogP contribution in [0.25, 0.3) is 0 Å². The Balaban J connectivity index is 2.45. The van der Waals surface area contributed by atoms with Crippen molar-refractivity contribution in [2.45, 2.75) is 11.1 Å². The lowest BCUT2D eigenvalue weighted by molar-refractivity contribution is -0.137. The predicted molar refractivity (Wildman–Crippen MR) is 55.6 cm³/mol. The molecule has 0 aromatic heterocycles. The Morgan fingerprint density at radius 3 is 2.69 bits per heavy atom. The Hall–Kier alpha value is -1.17. The third-order valence-corrected chi connectivity index (χ3v) is 3.40. The molecule has 1 aliphatic rings. The van der Waals surface area contributed by atoms with E-state index in [0.29, 0.717) is 10.6 Å². The quantitative estimate of drug-likeness (QED) is 0.702. The third kappa shape index (κ3) is 1.89. The van der Waals surface area contributed by atoms with Crippen molar-refractivity contribution in [2.75, 3.05) is 17.7 Å². The van der Waals surface area contributed by atoms with E-state index in [0.717, 1.165) is 23.9 Å². The van der Waals surface area contributed by atoms with Crippen LogP contribution in [0.2, 0.25) is 0 Å². The summed E-state index contributed by atoms with van der Waals surface area (Å²) in [6.07, 6.45) is -4.34. The first-order valence-corrected chi connectivity index (χ1v) is 5.49. The van der Waals surface area contributed by atoms with Gasteiger partial charge in [-0.15, -0.1) is 11.8 Å². The summed E-state index contributed by atoms with van der Waals surface area (Å²) in [4.78, 5) is 13.2. The lowest BCUT2D eigenvalue weighted by Gasteiger charge is -2.25. The standard InChI is InChI=1S/C10H8F3NOS/c1-14-7-3-2-6(10(11,12)13)4-8(7)16-5-9(14)15/h2-4H,5H2,1H3. The number of fused-ring (bicyclic) bond motifs is 1. The smallest absolute Gasteiger partial charge is 0.314 e. The lowest BCUT2D eigenvalue weighted by atomic mass is 10.2. The van der Waals surface area contributed by atoms with Crippen molar-refractivity contribution in [3.8, 4) is 0 Å². The van der Waals surface area contributed by atoms with Crippen molar-refractivity contribution in [3.63, 3.8) is 0 Å². The lowest BCUT2D eigenvalue weighted by Crippen LogP contribution is -2.31. The highest BCUT2D eigenvalue weighted by Crippen LogP contribution is 2.39. The average Bonchev–Trinajstić information content (AvgIpc) is 2.22. The van der Waals surface area contributed by atoms with Crippen molar-refractivity contribution in [1.82, 2.24) is 0 Å². The fourth-order valence-corrected chi connectivity index (χ4v) is 2.49. The van der Waals surface area contributed by atoms with Gasteiger partial charge >= 0.3 is 6.18 Å². The molecule has 86 valence electrons. The minimum Gasteiger partial charge on any atom is -0.314 e. The van der Waals surface area contributed by atoms with E-state index < -0.39 is 11.7 Å². The molecule has 0 saturated heterocycles. The Morgan fingerprint density at radius 2 is 2.06 bits per heavy atom.